The molecule has 22 nitrogen and oxygen atoms in total. The van der Waals surface area contributed by atoms with Crippen LogP contribution in [0, 0.1) is 50.2 Å². The highest BCUT2D eigenvalue weighted by atomic mass is 16.8. The van der Waals surface area contributed by atoms with E-state index in [1.165, 1.54) is 26.7 Å². The zero-order chi connectivity index (χ0) is 58.4. The number of hydrogen-bond donors (Lipinski definition) is 0. The molecule has 0 amide bonds. The minimum absolute atomic E-state index is 0.0299. The van der Waals surface area contributed by atoms with Crippen LogP contribution in [0.2, 0.25) is 0 Å². The molecular formula is C57H82O22. The summed E-state index contributed by atoms with van der Waals surface area (Å²) in [7, 11) is 2.85. The standard InChI is InChI=1S/C57H82O22/c1-29(58)69-26-38-43(72-31(3)60)45(74-33(5)62)47(76-35(7)64)49(77-38)78-39-27-70-48(46(75-34(6)63)44(39)73-32(4)61)79-42-18-19-53(9)40(54(42,10)28-71-30(2)59)17-20-56(12)41(53)16-15-36-37-25-52(8,50(65)67-13)21-23-57(37,51(66)68-14)24-22-55(36,56)11/h15,37-49H,16-28H2,1-14H3/t37-,38+,39+,40+,41+,42-,43+,44-,45-,46+,47+,48-,49-,52-,53-,54-,55+,56+,57-/m0/s1. The van der Waals surface area contributed by atoms with E-state index in [4.69, 9.17) is 61.6 Å². The second-order valence-electron chi connectivity index (χ2n) is 24.3. The van der Waals surface area contributed by atoms with E-state index in [-0.39, 0.29) is 52.5 Å². The second-order valence-corrected chi connectivity index (χ2v) is 24.3. The maximum Gasteiger partial charge on any atom is 0.312 e. The summed E-state index contributed by atoms with van der Waals surface area (Å²) in [5.41, 5.74) is -2.20. The van der Waals surface area contributed by atoms with Gasteiger partial charge in [-0.25, -0.2) is 0 Å². The Labute approximate surface area is 461 Å². The van der Waals surface area contributed by atoms with E-state index in [1.54, 1.807) is 0 Å². The maximum absolute atomic E-state index is 14.0. The summed E-state index contributed by atoms with van der Waals surface area (Å²) in [6.45, 7) is 18.0. The monoisotopic (exact) mass is 1120 g/mol. The van der Waals surface area contributed by atoms with Gasteiger partial charge >= 0.3 is 53.7 Å². The third-order valence-corrected chi connectivity index (χ3v) is 19.6. The number of hydrogen-bond acceptors (Lipinski definition) is 22. The van der Waals surface area contributed by atoms with Gasteiger partial charge in [-0.15, -0.1) is 0 Å². The van der Waals surface area contributed by atoms with Crippen molar-refractivity contribution in [3.8, 4) is 0 Å². The highest BCUT2D eigenvalue weighted by molar-refractivity contribution is 5.81. The summed E-state index contributed by atoms with van der Waals surface area (Å²) in [5.74, 6) is -6.16. The predicted molar refractivity (Wildman–Crippen MR) is 271 cm³/mol. The summed E-state index contributed by atoms with van der Waals surface area (Å²) in [5, 5.41) is 0. The first-order valence-electron chi connectivity index (χ1n) is 27.5. The molecule has 7 rings (SSSR count). The fourth-order valence-corrected chi connectivity index (χ4v) is 15.8. The minimum Gasteiger partial charge on any atom is -0.469 e. The van der Waals surface area contributed by atoms with Crippen LogP contribution in [0.15, 0.2) is 11.6 Å². The zero-order valence-electron chi connectivity index (χ0n) is 48.3. The van der Waals surface area contributed by atoms with Crippen molar-refractivity contribution in [1.82, 2.24) is 0 Å². The molecule has 0 aromatic rings. The Morgan fingerprint density at radius 1 is 0.570 bits per heavy atom. The summed E-state index contributed by atoms with van der Waals surface area (Å²) >= 11 is 0. The molecule has 0 aromatic carbocycles. The Morgan fingerprint density at radius 3 is 1.71 bits per heavy atom. The number of carbonyl (C=O) groups excluding carboxylic acids is 9. The molecule has 22 heteroatoms. The van der Waals surface area contributed by atoms with Crippen molar-refractivity contribution in [2.24, 2.45) is 50.2 Å². The highest BCUT2D eigenvalue weighted by Gasteiger charge is 2.71. The van der Waals surface area contributed by atoms with Gasteiger partial charge in [-0.3, -0.25) is 43.2 Å². The van der Waals surface area contributed by atoms with Gasteiger partial charge in [0.15, 0.2) is 43.1 Å². The van der Waals surface area contributed by atoms with Crippen molar-refractivity contribution in [3.05, 3.63) is 11.6 Å². The van der Waals surface area contributed by atoms with Crippen LogP contribution >= 0.6 is 0 Å². The fourth-order valence-electron chi connectivity index (χ4n) is 15.8. The fraction of sp³-hybridized carbons (Fsp3) is 0.807. The van der Waals surface area contributed by atoms with Crippen LogP contribution in [-0.2, 0) is 105 Å². The van der Waals surface area contributed by atoms with E-state index >= 15 is 0 Å². The first-order valence-corrected chi connectivity index (χ1v) is 27.5. The molecule has 6 fully saturated rings. The number of esters is 9. The van der Waals surface area contributed by atoms with Gasteiger partial charge in [0, 0.05) is 53.9 Å². The maximum atomic E-state index is 14.0. The van der Waals surface area contributed by atoms with Crippen LogP contribution < -0.4 is 0 Å². The lowest BCUT2D eigenvalue weighted by molar-refractivity contribution is -0.354. The molecule has 19 atom stereocenters. The predicted octanol–water partition coefficient (Wildman–Crippen LogP) is 5.73. The van der Waals surface area contributed by atoms with Gasteiger partial charge in [0.05, 0.1) is 44.4 Å². The third-order valence-electron chi connectivity index (χ3n) is 19.6. The molecule has 79 heavy (non-hydrogen) atoms. The third kappa shape index (κ3) is 11.5. The van der Waals surface area contributed by atoms with Gasteiger partial charge in [-0.1, -0.05) is 39.3 Å². The molecule has 0 spiro atoms. The van der Waals surface area contributed by atoms with Crippen molar-refractivity contribution in [2.45, 2.75) is 209 Å². The Bertz CT molecular complexity index is 2420. The molecule has 5 aliphatic carbocycles. The summed E-state index contributed by atoms with van der Waals surface area (Å²) in [6.07, 6.45) is -5.82. The molecule has 0 aromatic heterocycles. The van der Waals surface area contributed by atoms with Gasteiger partial charge in [0.25, 0.3) is 0 Å². The highest BCUT2D eigenvalue weighted by Crippen LogP contribution is 2.76. The molecule has 4 saturated carbocycles. The molecule has 7 aliphatic rings. The average Bonchev–Trinajstić information content (AvgIpc) is 2.79. The van der Waals surface area contributed by atoms with Crippen LogP contribution in [0.5, 0.6) is 0 Å². The Kier molecular flexibility index (Phi) is 18.2. The lowest BCUT2D eigenvalue weighted by Crippen LogP contribution is -2.67. The van der Waals surface area contributed by atoms with Crippen molar-refractivity contribution in [3.63, 3.8) is 0 Å². The smallest absolute Gasteiger partial charge is 0.312 e. The topological polar surface area (TPSA) is 274 Å². The summed E-state index contributed by atoms with van der Waals surface area (Å²) < 4.78 is 76.8. The normalized spacial score (nSPS) is 41.3. The molecule has 0 unspecified atom stereocenters. The summed E-state index contributed by atoms with van der Waals surface area (Å²) in [4.78, 5) is 116. The molecular weight excluding hydrogens is 1040 g/mol. The van der Waals surface area contributed by atoms with Crippen LogP contribution in [-0.4, -0.2) is 149 Å². The number of fused-ring (bicyclic) bond motifs is 7. The molecule has 2 saturated heterocycles. The Hall–Kier alpha value is -5.19. The molecule has 0 N–H and O–H groups in total. The van der Waals surface area contributed by atoms with Crippen molar-refractivity contribution >= 4 is 53.7 Å². The van der Waals surface area contributed by atoms with Crippen molar-refractivity contribution in [1.29, 1.82) is 0 Å². The second kappa shape index (κ2) is 23.3. The van der Waals surface area contributed by atoms with E-state index in [0.29, 0.717) is 51.4 Å². The van der Waals surface area contributed by atoms with Crippen LogP contribution in [0.4, 0.5) is 0 Å². The Morgan fingerprint density at radius 2 is 1.13 bits per heavy atom. The van der Waals surface area contributed by atoms with Crippen molar-refractivity contribution < 1.29 is 105 Å². The van der Waals surface area contributed by atoms with Crippen LogP contribution in [0.25, 0.3) is 0 Å². The SMILES string of the molecule is COC(=O)[C@@]1(C)CC[C@]2(C(=O)OC)CC[C@]3(C)C(=CC[C@@H]4[C@@]5(C)CC[C@H](O[C@@H]6OC[C@@H](O[C@@H]7O[C@H](COC(C)=O)[C@@H](OC(C)=O)[C@H](OC(C)=O)[C@H]7OC(C)=O)[C@H](OC(C)=O)[C@H]6OC(C)=O)[C@@](C)(COC(C)=O)[C@@H]5CC[C@]43C)[C@@H]2C1. The van der Waals surface area contributed by atoms with Gasteiger partial charge < -0.3 is 61.6 Å². The van der Waals surface area contributed by atoms with Crippen molar-refractivity contribution in [2.75, 3.05) is 34.0 Å². The molecule has 2 aliphatic heterocycles. The van der Waals surface area contributed by atoms with E-state index in [9.17, 15) is 43.2 Å². The molecule has 0 radical (unpaired) electrons. The largest absolute Gasteiger partial charge is 0.469 e. The van der Waals surface area contributed by atoms with E-state index < -0.39 is 133 Å². The molecule has 0 bridgehead atoms. The number of carbonyl (C=O) groups is 9. The summed E-state index contributed by atoms with van der Waals surface area (Å²) in [6, 6.07) is 0. The van der Waals surface area contributed by atoms with E-state index in [1.807, 2.05) is 13.8 Å². The van der Waals surface area contributed by atoms with Gasteiger partial charge in [0.2, 0.25) is 0 Å². The first kappa shape index (κ1) is 61.4. The lowest BCUT2D eigenvalue weighted by atomic mass is 9.33. The minimum atomic E-state index is -1.72. The number of methoxy groups -OCH3 is 2. The number of rotatable bonds is 15. The average molecular weight is 1120 g/mol. The van der Waals surface area contributed by atoms with Crippen LogP contribution in [0.1, 0.15) is 147 Å². The van der Waals surface area contributed by atoms with E-state index in [2.05, 4.69) is 26.8 Å². The first-order chi connectivity index (χ1) is 36.9. The lowest BCUT2D eigenvalue weighted by Gasteiger charge is -2.71. The Balaban J connectivity index is 1.21. The zero-order valence-corrected chi connectivity index (χ0v) is 48.3. The quantitative estimate of drug-likeness (QED) is 0.0819. The number of ether oxygens (including phenoxy) is 13. The number of allylic oxidation sites excluding steroid dienone is 2. The van der Waals surface area contributed by atoms with Crippen LogP contribution in [0.3, 0.4) is 0 Å². The molecule has 2 heterocycles. The van der Waals surface area contributed by atoms with Gasteiger partial charge in [-0.2, -0.15) is 0 Å². The van der Waals surface area contributed by atoms with E-state index in [0.717, 1.165) is 54.4 Å². The molecule has 442 valence electrons. The van der Waals surface area contributed by atoms with Gasteiger partial charge in [-0.05, 0) is 105 Å². The van der Waals surface area contributed by atoms with Gasteiger partial charge in [0.1, 0.15) is 18.8 Å².